The van der Waals surface area contributed by atoms with Crippen LogP contribution in [0, 0.1) is 0 Å². The van der Waals surface area contributed by atoms with E-state index in [-0.39, 0.29) is 5.60 Å². The Hall–Kier alpha value is -1.65. The average molecular weight is 245 g/mol. The summed E-state index contributed by atoms with van der Waals surface area (Å²) in [7, 11) is 0. The summed E-state index contributed by atoms with van der Waals surface area (Å²) < 4.78 is 0. The number of hydroxylamine groups is 1. The number of rotatable bonds is 4. The SMILES string of the molecule is CC(C)(C)ONCc1cn[nH]c1-c1ccccc1. The number of hydrogen-bond donors (Lipinski definition) is 2. The number of aromatic nitrogens is 2. The molecule has 0 saturated carbocycles. The highest BCUT2D eigenvalue weighted by Gasteiger charge is 2.12. The Morgan fingerprint density at radius 2 is 1.94 bits per heavy atom. The Balaban J connectivity index is 2.05. The maximum Gasteiger partial charge on any atom is 0.0813 e. The van der Waals surface area contributed by atoms with Gasteiger partial charge in [0.15, 0.2) is 0 Å². The van der Waals surface area contributed by atoms with Crippen LogP contribution in [0.3, 0.4) is 0 Å². The number of nitrogens with zero attached hydrogens (tertiary/aromatic N) is 1. The van der Waals surface area contributed by atoms with Crippen molar-refractivity contribution in [1.82, 2.24) is 15.7 Å². The van der Waals surface area contributed by atoms with E-state index in [1.807, 2.05) is 45.2 Å². The summed E-state index contributed by atoms with van der Waals surface area (Å²) in [6.45, 7) is 6.65. The maximum atomic E-state index is 5.50. The molecule has 0 saturated heterocycles. The fourth-order valence-corrected chi connectivity index (χ4v) is 1.63. The predicted molar refractivity (Wildman–Crippen MR) is 71.7 cm³/mol. The Labute approximate surface area is 107 Å². The van der Waals surface area contributed by atoms with Gasteiger partial charge in [-0.1, -0.05) is 30.3 Å². The largest absolute Gasteiger partial charge is 0.296 e. The van der Waals surface area contributed by atoms with Crippen molar-refractivity contribution in [2.75, 3.05) is 0 Å². The zero-order chi connectivity index (χ0) is 13.0. The molecule has 0 aliphatic rings. The normalized spacial score (nSPS) is 11.7. The molecule has 18 heavy (non-hydrogen) atoms. The van der Waals surface area contributed by atoms with Gasteiger partial charge in [-0.05, 0) is 26.3 Å². The molecule has 0 bridgehead atoms. The quantitative estimate of drug-likeness (QED) is 0.814. The molecule has 2 aromatic rings. The van der Waals surface area contributed by atoms with E-state index >= 15 is 0 Å². The Morgan fingerprint density at radius 1 is 1.22 bits per heavy atom. The third-order valence-corrected chi connectivity index (χ3v) is 2.42. The van der Waals surface area contributed by atoms with Crippen molar-refractivity contribution in [2.24, 2.45) is 0 Å². The topological polar surface area (TPSA) is 49.9 Å². The summed E-state index contributed by atoms with van der Waals surface area (Å²) >= 11 is 0. The number of hydrogen-bond acceptors (Lipinski definition) is 3. The van der Waals surface area contributed by atoms with Crippen molar-refractivity contribution < 1.29 is 4.84 Å². The molecule has 2 rings (SSSR count). The van der Waals surface area contributed by atoms with Gasteiger partial charge in [0.05, 0.1) is 17.5 Å². The second kappa shape index (κ2) is 5.33. The molecule has 0 atom stereocenters. The van der Waals surface area contributed by atoms with Crippen LogP contribution in [0.1, 0.15) is 26.3 Å². The summed E-state index contributed by atoms with van der Waals surface area (Å²) in [5.41, 5.74) is 6.02. The second-order valence-corrected chi connectivity index (χ2v) is 5.17. The first-order chi connectivity index (χ1) is 8.56. The molecule has 0 radical (unpaired) electrons. The molecule has 0 unspecified atom stereocenters. The van der Waals surface area contributed by atoms with Gasteiger partial charge in [0, 0.05) is 12.1 Å². The lowest BCUT2D eigenvalue weighted by atomic mass is 10.1. The van der Waals surface area contributed by atoms with Crippen LogP contribution >= 0.6 is 0 Å². The van der Waals surface area contributed by atoms with Crippen molar-refractivity contribution in [2.45, 2.75) is 32.9 Å². The smallest absolute Gasteiger partial charge is 0.0813 e. The standard InChI is InChI=1S/C14H19N3O/c1-14(2,3)18-16-10-12-9-15-17-13(12)11-7-5-4-6-8-11/h4-9,16H,10H2,1-3H3,(H,15,17). The van der Waals surface area contributed by atoms with Crippen LogP contribution in [0.5, 0.6) is 0 Å². The average Bonchev–Trinajstić information content (AvgIpc) is 2.77. The molecular formula is C14H19N3O. The first-order valence-electron chi connectivity index (χ1n) is 6.05. The minimum Gasteiger partial charge on any atom is -0.296 e. The lowest BCUT2D eigenvalue weighted by Gasteiger charge is -2.19. The van der Waals surface area contributed by atoms with E-state index in [0.717, 1.165) is 16.8 Å². The van der Waals surface area contributed by atoms with Crippen molar-refractivity contribution >= 4 is 0 Å². The Kier molecular flexibility index (Phi) is 3.79. The lowest BCUT2D eigenvalue weighted by molar-refractivity contribution is -0.0757. The fourth-order valence-electron chi connectivity index (χ4n) is 1.63. The van der Waals surface area contributed by atoms with Gasteiger partial charge in [-0.2, -0.15) is 10.6 Å². The Morgan fingerprint density at radius 3 is 2.61 bits per heavy atom. The summed E-state index contributed by atoms with van der Waals surface area (Å²) in [6.07, 6.45) is 1.82. The van der Waals surface area contributed by atoms with Crippen molar-refractivity contribution in [3.05, 3.63) is 42.1 Å². The molecule has 4 heteroatoms. The third-order valence-electron chi connectivity index (χ3n) is 2.42. The predicted octanol–water partition coefficient (Wildman–Crippen LogP) is 2.90. The van der Waals surface area contributed by atoms with Crippen LogP contribution in [0.4, 0.5) is 0 Å². The van der Waals surface area contributed by atoms with Crippen LogP contribution in [0.25, 0.3) is 11.3 Å². The van der Waals surface area contributed by atoms with E-state index in [1.165, 1.54) is 0 Å². The number of H-pyrrole nitrogens is 1. The molecule has 0 fully saturated rings. The van der Waals surface area contributed by atoms with E-state index in [9.17, 15) is 0 Å². The van der Waals surface area contributed by atoms with Gasteiger partial charge in [0.25, 0.3) is 0 Å². The molecule has 0 aliphatic carbocycles. The van der Waals surface area contributed by atoms with Gasteiger partial charge in [0.2, 0.25) is 0 Å². The van der Waals surface area contributed by atoms with Crippen LogP contribution in [-0.2, 0) is 11.4 Å². The van der Waals surface area contributed by atoms with Crippen LogP contribution in [0.2, 0.25) is 0 Å². The van der Waals surface area contributed by atoms with Gasteiger partial charge in [-0.25, -0.2) is 0 Å². The minimum atomic E-state index is -0.198. The molecule has 4 nitrogen and oxygen atoms in total. The van der Waals surface area contributed by atoms with Crippen molar-refractivity contribution in [3.8, 4) is 11.3 Å². The highest BCUT2D eigenvalue weighted by atomic mass is 16.7. The molecule has 0 aliphatic heterocycles. The maximum absolute atomic E-state index is 5.50. The highest BCUT2D eigenvalue weighted by Crippen LogP contribution is 2.20. The van der Waals surface area contributed by atoms with E-state index in [1.54, 1.807) is 0 Å². The van der Waals surface area contributed by atoms with Gasteiger partial charge < -0.3 is 0 Å². The summed E-state index contributed by atoms with van der Waals surface area (Å²) in [4.78, 5) is 5.50. The zero-order valence-electron chi connectivity index (χ0n) is 11.0. The first-order valence-corrected chi connectivity index (χ1v) is 6.05. The Bertz CT molecular complexity index is 485. The van der Waals surface area contributed by atoms with Gasteiger partial charge >= 0.3 is 0 Å². The molecule has 1 aromatic heterocycles. The lowest BCUT2D eigenvalue weighted by Crippen LogP contribution is -2.28. The first kappa shape index (κ1) is 12.8. The molecule has 1 heterocycles. The van der Waals surface area contributed by atoms with E-state index in [2.05, 4.69) is 27.8 Å². The second-order valence-electron chi connectivity index (χ2n) is 5.17. The summed E-state index contributed by atoms with van der Waals surface area (Å²) in [6, 6.07) is 10.1. The zero-order valence-corrected chi connectivity index (χ0v) is 11.0. The van der Waals surface area contributed by atoms with Crippen LogP contribution < -0.4 is 5.48 Å². The molecular weight excluding hydrogens is 226 g/mol. The molecule has 96 valence electrons. The summed E-state index contributed by atoms with van der Waals surface area (Å²) in [5.74, 6) is 0. The van der Waals surface area contributed by atoms with Gasteiger partial charge in [-0.3, -0.25) is 9.94 Å². The van der Waals surface area contributed by atoms with Crippen molar-refractivity contribution in [3.63, 3.8) is 0 Å². The van der Waals surface area contributed by atoms with Gasteiger partial charge in [0.1, 0.15) is 0 Å². The van der Waals surface area contributed by atoms with Crippen molar-refractivity contribution in [1.29, 1.82) is 0 Å². The number of aromatic amines is 1. The monoisotopic (exact) mass is 245 g/mol. The fraction of sp³-hybridized carbons (Fsp3) is 0.357. The molecule has 0 spiro atoms. The third kappa shape index (κ3) is 3.42. The number of nitrogens with one attached hydrogen (secondary N) is 2. The van der Waals surface area contributed by atoms with E-state index in [0.29, 0.717) is 6.54 Å². The number of benzene rings is 1. The summed E-state index contributed by atoms with van der Waals surface area (Å²) in [5, 5.41) is 7.12. The van der Waals surface area contributed by atoms with E-state index in [4.69, 9.17) is 4.84 Å². The minimum absolute atomic E-state index is 0.198. The molecule has 1 aromatic carbocycles. The molecule has 2 N–H and O–H groups in total. The molecule has 0 amide bonds. The van der Waals surface area contributed by atoms with Crippen LogP contribution in [-0.4, -0.2) is 15.8 Å². The van der Waals surface area contributed by atoms with Gasteiger partial charge in [-0.15, -0.1) is 0 Å². The van der Waals surface area contributed by atoms with Crippen LogP contribution in [0.15, 0.2) is 36.5 Å². The van der Waals surface area contributed by atoms with E-state index < -0.39 is 0 Å². The highest BCUT2D eigenvalue weighted by molar-refractivity contribution is 5.62.